The molecule has 130 valence electrons. The zero-order chi connectivity index (χ0) is 17.8. The number of amides is 1. The summed E-state index contributed by atoms with van der Waals surface area (Å²) in [5, 5.41) is 2.65. The molecule has 1 aliphatic rings. The molecule has 1 amide bonds. The summed E-state index contributed by atoms with van der Waals surface area (Å²) in [7, 11) is 1.28. The molecule has 2 aromatic rings. The van der Waals surface area contributed by atoms with Crippen LogP contribution in [0, 0.1) is 0 Å². The summed E-state index contributed by atoms with van der Waals surface area (Å²) >= 11 is 0. The van der Waals surface area contributed by atoms with E-state index in [0.29, 0.717) is 5.69 Å². The molecule has 6 heteroatoms. The van der Waals surface area contributed by atoms with Crippen LogP contribution < -0.4 is 10.9 Å². The van der Waals surface area contributed by atoms with E-state index in [1.807, 2.05) is 0 Å². The van der Waals surface area contributed by atoms with Crippen molar-refractivity contribution in [2.75, 3.05) is 12.4 Å². The number of esters is 1. The number of H-pyrrole nitrogens is 1. The van der Waals surface area contributed by atoms with Gasteiger partial charge in [-0.15, -0.1) is 0 Å². The van der Waals surface area contributed by atoms with Crippen LogP contribution in [0.2, 0.25) is 0 Å². The van der Waals surface area contributed by atoms with Crippen molar-refractivity contribution in [1.82, 2.24) is 4.98 Å². The van der Waals surface area contributed by atoms with Gasteiger partial charge in [-0.3, -0.25) is 9.59 Å². The van der Waals surface area contributed by atoms with Gasteiger partial charge in [0.2, 0.25) is 0 Å². The average Bonchev–Trinajstić information content (AvgIpc) is 2.85. The predicted molar refractivity (Wildman–Crippen MR) is 94.1 cm³/mol. The smallest absolute Gasteiger partial charge is 0.339 e. The van der Waals surface area contributed by atoms with Crippen molar-refractivity contribution in [2.45, 2.75) is 32.1 Å². The predicted octanol–water partition coefficient (Wildman–Crippen LogP) is 2.68. The first-order chi connectivity index (χ1) is 12.1. The Bertz CT molecular complexity index is 870. The zero-order valence-corrected chi connectivity index (χ0v) is 14.1. The Hall–Kier alpha value is -2.89. The lowest BCUT2D eigenvalue weighted by Crippen LogP contribution is -2.25. The van der Waals surface area contributed by atoms with E-state index in [-0.39, 0.29) is 11.1 Å². The highest BCUT2D eigenvalue weighted by atomic mass is 16.5. The number of hydrogen-bond donors (Lipinski definition) is 2. The molecule has 0 bridgehead atoms. The number of rotatable bonds is 3. The van der Waals surface area contributed by atoms with E-state index in [2.05, 4.69) is 10.3 Å². The van der Waals surface area contributed by atoms with E-state index >= 15 is 0 Å². The molecule has 0 atom stereocenters. The molecule has 1 aromatic heterocycles. The molecular weight excluding hydrogens is 320 g/mol. The van der Waals surface area contributed by atoms with Gasteiger partial charge in [0.05, 0.1) is 18.4 Å². The third-order valence-corrected chi connectivity index (χ3v) is 4.41. The summed E-state index contributed by atoms with van der Waals surface area (Å²) in [6.45, 7) is 0. The molecule has 25 heavy (non-hydrogen) atoms. The second-order valence-electron chi connectivity index (χ2n) is 6.07. The first-order valence-corrected chi connectivity index (χ1v) is 8.34. The fourth-order valence-electron chi connectivity index (χ4n) is 3.09. The minimum absolute atomic E-state index is 0.0559. The Morgan fingerprint density at radius 3 is 2.64 bits per heavy atom. The first kappa shape index (κ1) is 17.0. The van der Waals surface area contributed by atoms with Crippen molar-refractivity contribution in [2.24, 2.45) is 0 Å². The van der Waals surface area contributed by atoms with E-state index < -0.39 is 17.4 Å². The molecule has 0 saturated heterocycles. The summed E-state index contributed by atoms with van der Waals surface area (Å²) < 4.78 is 4.72. The Morgan fingerprint density at radius 1 is 1.08 bits per heavy atom. The standard InChI is InChI=1S/C19H20N2O4/c1-25-19(24)13-8-5-6-10-16(13)21-18(23)14-11-12-7-3-2-4-9-15(12)20-17(14)22/h5-6,8,10-11H,2-4,7,9H2,1H3,(H,20,22)(H,21,23). The topological polar surface area (TPSA) is 88.3 Å². The number of para-hydroxylation sites is 1. The van der Waals surface area contributed by atoms with Crippen LogP contribution in [0.4, 0.5) is 5.69 Å². The van der Waals surface area contributed by atoms with Crippen LogP contribution in [-0.4, -0.2) is 24.0 Å². The fourth-order valence-corrected chi connectivity index (χ4v) is 3.09. The van der Waals surface area contributed by atoms with E-state index in [1.165, 1.54) is 7.11 Å². The van der Waals surface area contributed by atoms with Gasteiger partial charge >= 0.3 is 5.97 Å². The molecule has 2 N–H and O–H groups in total. The van der Waals surface area contributed by atoms with Crippen LogP contribution in [-0.2, 0) is 17.6 Å². The number of fused-ring (bicyclic) bond motifs is 1. The molecule has 0 unspecified atom stereocenters. The number of aromatic nitrogens is 1. The summed E-state index contributed by atoms with van der Waals surface area (Å²) in [6, 6.07) is 8.21. The lowest BCUT2D eigenvalue weighted by Gasteiger charge is -2.11. The number of pyridine rings is 1. The summed E-state index contributed by atoms with van der Waals surface area (Å²) in [4.78, 5) is 39.5. The Morgan fingerprint density at radius 2 is 1.84 bits per heavy atom. The van der Waals surface area contributed by atoms with Crippen LogP contribution in [0.25, 0.3) is 0 Å². The maximum Gasteiger partial charge on any atom is 0.339 e. The monoisotopic (exact) mass is 340 g/mol. The van der Waals surface area contributed by atoms with Crippen LogP contribution in [0.1, 0.15) is 51.2 Å². The van der Waals surface area contributed by atoms with Crippen LogP contribution in [0.3, 0.4) is 0 Å². The zero-order valence-electron chi connectivity index (χ0n) is 14.1. The number of hydrogen-bond acceptors (Lipinski definition) is 4. The molecule has 0 radical (unpaired) electrons. The quantitative estimate of drug-likeness (QED) is 0.664. The molecule has 1 aromatic carbocycles. The summed E-state index contributed by atoms with van der Waals surface area (Å²) in [5.74, 6) is -1.09. The third-order valence-electron chi connectivity index (χ3n) is 4.41. The molecule has 6 nitrogen and oxygen atoms in total. The Balaban J connectivity index is 1.91. The Labute approximate surface area is 145 Å². The van der Waals surface area contributed by atoms with Gasteiger partial charge in [0, 0.05) is 5.69 Å². The highest BCUT2D eigenvalue weighted by Crippen LogP contribution is 2.20. The number of carbonyl (C=O) groups is 2. The van der Waals surface area contributed by atoms with E-state index in [4.69, 9.17) is 4.74 Å². The number of ether oxygens (including phenoxy) is 1. The number of benzene rings is 1. The van der Waals surface area contributed by atoms with Gasteiger partial charge in [0.15, 0.2) is 0 Å². The molecule has 1 aliphatic carbocycles. The molecule has 0 saturated carbocycles. The molecular formula is C19H20N2O4. The Kier molecular flexibility index (Phi) is 4.97. The van der Waals surface area contributed by atoms with Crippen molar-refractivity contribution in [1.29, 1.82) is 0 Å². The fraction of sp³-hybridized carbons (Fsp3) is 0.316. The highest BCUT2D eigenvalue weighted by molar-refractivity contribution is 6.07. The SMILES string of the molecule is COC(=O)c1ccccc1NC(=O)c1cc2c([nH]c1=O)CCCCC2. The molecule has 3 rings (SSSR count). The lowest BCUT2D eigenvalue weighted by atomic mass is 10.1. The maximum absolute atomic E-state index is 12.6. The highest BCUT2D eigenvalue weighted by Gasteiger charge is 2.19. The normalized spacial score (nSPS) is 13.5. The molecule has 0 aliphatic heterocycles. The minimum Gasteiger partial charge on any atom is -0.465 e. The second kappa shape index (κ2) is 7.34. The number of methoxy groups -OCH3 is 1. The largest absolute Gasteiger partial charge is 0.465 e. The van der Waals surface area contributed by atoms with Crippen LogP contribution in [0.15, 0.2) is 35.1 Å². The number of aromatic amines is 1. The van der Waals surface area contributed by atoms with Crippen LogP contribution in [0.5, 0.6) is 0 Å². The van der Waals surface area contributed by atoms with E-state index in [1.54, 1.807) is 30.3 Å². The first-order valence-electron chi connectivity index (χ1n) is 8.34. The number of nitrogens with one attached hydrogen (secondary N) is 2. The van der Waals surface area contributed by atoms with Gasteiger partial charge in [-0.05, 0) is 49.4 Å². The molecule has 1 heterocycles. The van der Waals surface area contributed by atoms with Crippen molar-refractivity contribution >= 4 is 17.6 Å². The summed E-state index contributed by atoms with van der Waals surface area (Å²) in [6.07, 6.45) is 4.89. The van der Waals surface area contributed by atoms with Gasteiger partial charge < -0.3 is 15.0 Å². The van der Waals surface area contributed by atoms with Gasteiger partial charge in [-0.25, -0.2) is 4.79 Å². The van der Waals surface area contributed by atoms with Gasteiger partial charge in [0.25, 0.3) is 11.5 Å². The minimum atomic E-state index is -0.549. The van der Waals surface area contributed by atoms with Crippen LogP contribution >= 0.6 is 0 Å². The van der Waals surface area contributed by atoms with Gasteiger partial charge in [0.1, 0.15) is 5.56 Å². The third kappa shape index (κ3) is 3.63. The van der Waals surface area contributed by atoms with Gasteiger partial charge in [-0.2, -0.15) is 0 Å². The van der Waals surface area contributed by atoms with E-state index in [0.717, 1.165) is 43.4 Å². The summed E-state index contributed by atoms with van der Waals surface area (Å²) in [5.41, 5.74) is 2.14. The maximum atomic E-state index is 12.6. The van der Waals surface area contributed by atoms with Crippen molar-refractivity contribution in [3.8, 4) is 0 Å². The van der Waals surface area contributed by atoms with Crippen molar-refractivity contribution in [3.63, 3.8) is 0 Å². The molecule has 0 spiro atoms. The molecule has 0 fully saturated rings. The number of carbonyl (C=O) groups excluding carboxylic acids is 2. The lowest BCUT2D eigenvalue weighted by molar-refractivity contribution is 0.0602. The number of anilines is 1. The van der Waals surface area contributed by atoms with Crippen molar-refractivity contribution < 1.29 is 14.3 Å². The van der Waals surface area contributed by atoms with Crippen molar-refractivity contribution in [3.05, 3.63) is 63.1 Å². The van der Waals surface area contributed by atoms with E-state index in [9.17, 15) is 14.4 Å². The number of aryl methyl sites for hydroxylation is 2. The van der Waals surface area contributed by atoms with Gasteiger partial charge in [-0.1, -0.05) is 18.6 Å². The average molecular weight is 340 g/mol. The second-order valence-corrected chi connectivity index (χ2v) is 6.07.